The van der Waals surface area contributed by atoms with E-state index in [2.05, 4.69) is 0 Å². The van der Waals surface area contributed by atoms with Crippen LogP contribution in [0, 0.1) is 23.7 Å². The fraction of sp³-hybridized carbons (Fsp3) is 0.667. The van der Waals surface area contributed by atoms with E-state index in [1.807, 2.05) is 53.9 Å². The Bertz CT molecular complexity index is 503. The van der Waals surface area contributed by atoms with Gasteiger partial charge in [0.1, 0.15) is 13.2 Å². The smallest absolute Gasteiger partial charge is 0.310 e. The van der Waals surface area contributed by atoms with Crippen molar-refractivity contribution in [3.05, 3.63) is 23.3 Å². The predicted molar refractivity (Wildman–Crippen MR) is 86.5 cm³/mol. The summed E-state index contributed by atoms with van der Waals surface area (Å²) >= 11 is 0. The second-order valence-corrected chi connectivity index (χ2v) is 7.02. The number of quaternary nitrogens is 1. The van der Waals surface area contributed by atoms with Crippen molar-refractivity contribution in [1.29, 1.82) is 0 Å². The van der Waals surface area contributed by atoms with Gasteiger partial charge in [0.2, 0.25) is 0 Å². The minimum Gasteiger partial charge on any atom is -0.550 e. The molecule has 0 aromatic rings. The molecule has 0 unspecified atom stereocenters. The maximum Gasteiger partial charge on any atom is 0.310 e. The first-order valence-electron chi connectivity index (χ1n) is 8.15. The fourth-order valence-electron chi connectivity index (χ4n) is 3.04. The lowest BCUT2D eigenvalue weighted by atomic mass is 9.67. The normalized spacial score (nSPS) is 27.3. The van der Waals surface area contributed by atoms with Gasteiger partial charge < -0.3 is 19.5 Å². The summed E-state index contributed by atoms with van der Waals surface area (Å²) in [6.45, 7) is 8.58. The van der Waals surface area contributed by atoms with Crippen LogP contribution in [0.4, 0.5) is 0 Å². The Hall–Kier alpha value is -1.62. The molecule has 0 saturated heterocycles. The molecule has 1 rings (SSSR count). The van der Waals surface area contributed by atoms with E-state index in [1.54, 1.807) is 0 Å². The van der Waals surface area contributed by atoms with E-state index in [0.29, 0.717) is 6.54 Å². The first kappa shape index (κ1) is 19.4. The number of likely N-dealkylation sites (N-methyl/N-ethyl adjacent to an activating group) is 1. The minimum atomic E-state index is -1.18. The van der Waals surface area contributed by atoms with Crippen LogP contribution in [0.3, 0.4) is 0 Å². The molecule has 5 heteroatoms. The van der Waals surface area contributed by atoms with Crippen molar-refractivity contribution in [1.82, 2.24) is 0 Å². The van der Waals surface area contributed by atoms with Crippen LogP contribution in [-0.2, 0) is 14.3 Å². The van der Waals surface area contributed by atoms with E-state index in [9.17, 15) is 14.7 Å². The van der Waals surface area contributed by atoms with Crippen LogP contribution in [0.1, 0.15) is 27.7 Å². The monoisotopic (exact) mass is 323 g/mol. The molecule has 0 saturated carbocycles. The molecular formula is C18H29NO4. The quantitative estimate of drug-likeness (QED) is 0.544. The molecule has 0 aliphatic heterocycles. The molecular weight excluding hydrogens is 294 g/mol. The molecule has 1 N–H and O–H groups in total. The van der Waals surface area contributed by atoms with Crippen LogP contribution in [-0.4, -0.2) is 39.2 Å². The summed E-state index contributed by atoms with van der Waals surface area (Å²) in [5, 5.41) is 11.7. The zero-order valence-corrected chi connectivity index (χ0v) is 15.0. The highest BCUT2D eigenvalue weighted by atomic mass is 16.5. The number of ether oxygens (including phenoxy) is 1. The lowest BCUT2D eigenvalue weighted by molar-refractivity contribution is -0.858. The summed E-state index contributed by atoms with van der Waals surface area (Å²) in [6.07, 6.45) is 3.93. The summed E-state index contributed by atoms with van der Waals surface area (Å²) in [5.41, 5.74) is 2.02. The highest BCUT2D eigenvalue weighted by Gasteiger charge is 2.42. The standard InChI is InChI=1S/C18H29NO4/c1-11(2)9-14-10-12(3)13(4)15(17(20)21)16(14)18(22)23-8-7-19(5)6/h9-10,13-16H,7-8H2,1-6H3,(H,20,21)/t13-,14-,15+,16-/m0/s1. The molecule has 0 bridgehead atoms. The molecule has 0 aromatic heterocycles. The van der Waals surface area contributed by atoms with Crippen LogP contribution >= 0.6 is 0 Å². The van der Waals surface area contributed by atoms with Gasteiger partial charge in [-0.3, -0.25) is 4.79 Å². The van der Waals surface area contributed by atoms with Crippen molar-refractivity contribution in [2.45, 2.75) is 27.7 Å². The first-order valence-corrected chi connectivity index (χ1v) is 8.15. The lowest BCUT2D eigenvalue weighted by Gasteiger charge is -2.39. The highest BCUT2D eigenvalue weighted by molar-refractivity contribution is 5.82. The molecule has 5 nitrogen and oxygen atoms in total. The Morgan fingerprint density at radius 1 is 1.30 bits per heavy atom. The number of hydrogen-bond donors (Lipinski definition) is 1. The maximum absolute atomic E-state index is 12.6. The lowest BCUT2D eigenvalue weighted by Crippen LogP contribution is -3.06. The van der Waals surface area contributed by atoms with E-state index in [0.717, 1.165) is 11.1 Å². The van der Waals surface area contributed by atoms with Gasteiger partial charge in [-0.25, -0.2) is 0 Å². The van der Waals surface area contributed by atoms with Gasteiger partial charge in [0.25, 0.3) is 0 Å². The van der Waals surface area contributed by atoms with Crippen LogP contribution < -0.4 is 10.0 Å². The van der Waals surface area contributed by atoms with Crippen LogP contribution in [0.2, 0.25) is 0 Å². The van der Waals surface area contributed by atoms with Crippen molar-refractivity contribution in [2.24, 2.45) is 23.7 Å². The largest absolute Gasteiger partial charge is 0.550 e. The average Bonchev–Trinajstić information content (AvgIpc) is 2.40. The van der Waals surface area contributed by atoms with Crippen LogP contribution in [0.15, 0.2) is 23.3 Å². The highest BCUT2D eigenvalue weighted by Crippen LogP contribution is 2.39. The number of carbonyl (C=O) groups excluding carboxylic acids is 2. The second kappa shape index (κ2) is 8.29. The third-order valence-electron chi connectivity index (χ3n) is 4.43. The Labute approximate surface area is 139 Å². The van der Waals surface area contributed by atoms with Gasteiger partial charge in [-0.2, -0.15) is 0 Å². The number of carboxylic acid groups (broad SMARTS) is 1. The molecule has 0 amide bonds. The zero-order valence-electron chi connectivity index (χ0n) is 15.0. The van der Waals surface area contributed by atoms with E-state index in [4.69, 9.17) is 4.74 Å². The van der Waals surface area contributed by atoms with Gasteiger partial charge in [-0.05, 0) is 26.7 Å². The molecule has 0 heterocycles. The number of rotatable bonds is 6. The van der Waals surface area contributed by atoms with Crippen molar-refractivity contribution in [3.8, 4) is 0 Å². The summed E-state index contributed by atoms with van der Waals surface area (Å²) in [6, 6.07) is 0. The van der Waals surface area contributed by atoms with Gasteiger partial charge in [-0.15, -0.1) is 0 Å². The third-order valence-corrected chi connectivity index (χ3v) is 4.43. The van der Waals surface area contributed by atoms with E-state index in [-0.39, 0.29) is 18.4 Å². The summed E-state index contributed by atoms with van der Waals surface area (Å²) in [5.74, 6) is -3.72. The molecule has 0 spiro atoms. The average molecular weight is 323 g/mol. The zero-order chi connectivity index (χ0) is 17.7. The Morgan fingerprint density at radius 3 is 2.39 bits per heavy atom. The molecule has 0 fully saturated rings. The molecule has 4 atom stereocenters. The van der Waals surface area contributed by atoms with Crippen molar-refractivity contribution in [2.75, 3.05) is 27.2 Å². The Kier molecular flexibility index (Phi) is 7.01. The Balaban J connectivity index is 3.09. The van der Waals surface area contributed by atoms with Gasteiger partial charge in [-0.1, -0.05) is 30.2 Å². The summed E-state index contributed by atoms with van der Waals surface area (Å²) < 4.78 is 5.36. The molecule has 0 radical (unpaired) electrons. The number of nitrogens with one attached hydrogen (secondary N) is 1. The molecule has 1 aliphatic rings. The van der Waals surface area contributed by atoms with Gasteiger partial charge >= 0.3 is 5.97 Å². The molecule has 130 valence electrons. The number of esters is 1. The number of allylic oxidation sites excluding steroid dienone is 4. The van der Waals surface area contributed by atoms with E-state index in [1.165, 1.54) is 4.90 Å². The summed E-state index contributed by atoms with van der Waals surface area (Å²) in [7, 11) is 3.94. The number of carbonyl (C=O) groups is 2. The fourth-order valence-corrected chi connectivity index (χ4v) is 3.04. The summed E-state index contributed by atoms with van der Waals surface area (Å²) in [4.78, 5) is 25.4. The molecule has 1 aliphatic carbocycles. The number of aliphatic carboxylic acids is 1. The van der Waals surface area contributed by atoms with Gasteiger partial charge in [0.15, 0.2) is 0 Å². The predicted octanol–water partition coefficient (Wildman–Crippen LogP) is -0.165. The number of carboxylic acids is 1. The van der Waals surface area contributed by atoms with Crippen molar-refractivity contribution in [3.63, 3.8) is 0 Å². The van der Waals surface area contributed by atoms with Gasteiger partial charge in [0.05, 0.1) is 20.0 Å². The Morgan fingerprint density at radius 2 is 1.91 bits per heavy atom. The van der Waals surface area contributed by atoms with Crippen LogP contribution in [0.5, 0.6) is 0 Å². The van der Waals surface area contributed by atoms with Crippen molar-refractivity contribution >= 4 is 11.9 Å². The molecule has 0 aromatic carbocycles. The van der Waals surface area contributed by atoms with E-state index >= 15 is 0 Å². The van der Waals surface area contributed by atoms with Crippen LogP contribution in [0.25, 0.3) is 0 Å². The topological polar surface area (TPSA) is 70.9 Å². The van der Waals surface area contributed by atoms with E-state index < -0.39 is 23.8 Å². The SMILES string of the molecule is CC(C)=C[C@H]1C=C(C)[C@H](C)[C@@H](C(=O)[O-])[C@H]1C(=O)OCC[NH+](C)C. The first-order chi connectivity index (χ1) is 10.6. The maximum atomic E-state index is 12.6. The third kappa shape index (κ3) is 5.20. The van der Waals surface area contributed by atoms with Gasteiger partial charge in [0, 0.05) is 17.8 Å². The van der Waals surface area contributed by atoms with Crippen molar-refractivity contribution < 1.29 is 24.3 Å². The minimum absolute atomic E-state index is 0.237. The molecule has 23 heavy (non-hydrogen) atoms. The second-order valence-electron chi connectivity index (χ2n) is 7.02. The number of hydrogen-bond acceptors (Lipinski definition) is 4.